The third-order valence-corrected chi connectivity index (χ3v) is 5.89. The first kappa shape index (κ1) is 28.7. The Kier molecular flexibility index (Phi) is 10.0. The molecule has 3 rings (SSSR count). The van der Waals surface area contributed by atoms with Gasteiger partial charge in [0.15, 0.2) is 0 Å². The second kappa shape index (κ2) is 13.6. The second-order valence-electron chi connectivity index (χ2n) is 8.41. The van der Waals surface area contributed by atoms with Crippen LogP contribution in [0.1, 0.15) is 22.8 Å². The maximum Gasteiger partial charge on any atom is 0.337 e. The molecule has 0 aliphatic rings. The van der Waals surface area contributed by atoms with Gasteiger partial charge in [-0.25, -0.2) is 9.59 Å². The summed E-state index contributed by atoms with van der Waals surface area (Å²) in [7, 11) is 2.75. The van der Waals surface area contributed by atoms with Gasteiger partial charge in [0.1, 0.15) is 24.4 Å². The van der Waals surface area contributed by atoms with E-state index in [-0.39, 0.29) is 25.6 Å². The standard InChI is InChI=1S/C29H31N3O7/c1-20-7-5-6-8-25(20)30-29(36)32(15-17-33)26-14-11-23(19-27(26)37-3)31(21(2)34)16-18-39-24-12-9-22(10-13-24)28(35)38-4/h5-14,17,19H,15-16,18H2,1-4H3,(H,30,36). The summed E-state index contributed by atoms with van der Waals surface area (Å²) in [5.41, 5.74) is 2.79. The van der Waals surface area contributed by atoms with E-state index < -0.39 is 12.0 Å². The van der Waals surface area contributed by atoms with Gasteiger partial charge >= 0.3 is 12.0 Å². The van der Waals surface area contributed by atoms with Crippen molar-refractivity contribution in [3.63, 3.8) is 0 Å². The van der Waals surface area contributed by atoms with E-state index in [2.05, 4.69) is 10.1 Å². The van der Waals surface area contributed by atoms with Gasteiger partial charge in [0.2, 0.25) is 5.91 Å². The van der Waals surface area contributed by atoms with Crippen LogP contribution < -0.4 is 24.6 Å². The van der Waals surface area contributed by atoms with E-state index >= 15 is 0 Å². The predicted octanol–water partition coefficient (Wildman–Crippen LogP) is 4.46. The van der Waals surface area contributed by atoms with E-state index in [1.54, 1.807) is 54.6 Å². The first-order chi connectivity index (χ1) is 18.8. The lowest BCUT2D eigenvalue weighted by atomic mass is 10.2. The zero-order valence-corrected chi connectivity index (χ0v) is 22.3. The number of amides is 3. The lowest BCUT2D eigenvalue weighted by Gasteiger charge is -2.26. The number of urea groups is 1. The summed E-state index contributed by atoms with van der Waals surface area (Å²) in [5, 5.41) is 2.82. The summed E-state index contributed by atoms with van der Waals surface area (Å²) in [4.78, 5) is 51.3. The van der Waals surface area contributed by atoms with Crippen molar-refractivity contribution in [2.45, 2.75) is 13.8 Å². The molecule has 0 saturated carbocycles. The number of benzene rings is 3. The van der Waals surface area contributed by atoms with Gasteiger partial charge in [0.05, 0.1) is 38.6 Å². The molecular weight excluding hydrogens is 502 g/mol. The maximum atomic E-state index is 13.1. The van der Waals surface area contributed by atoms with Crippen LogP contribution in [0.5, 0.6) is 11.5 Å². The Labute approximate surface area is 227 Å². The summed E-state index contributed by atoms with van der Waals surface area (Å²) in [6.45, 7) is 3.50. The van der Waals surface area contributed by atoms with Crippen LogP contribution in [0.25, 0.3) is 0 Å². The van der Waals surface area contributed by atoms with Crippen molar-refractivity contribution >= 4 is 41.3 Å². The molecule has 0 atom stereocenters. The quantitative estimate of drug-likeness (QED) is 0.286. The van der Waals surface area contributed by atoms with Crippen molar-refractivity contribution in [3.8, 4) is 11.5 Å². The van der Waals surface area contributed by atoms with Gasteiger partial charge in [0.25, 0.3) is 0 Å². The van der Waals surface area contributed by atoms with Crippen LogP contribution in [-0.2, 0) is 14.3 Å². The molecule has 0 aliphatic carbocycles. The molecule has 3 aromatic carbocycles. The summed E-state index contributed by atoms with van der Waals surface area (Å²) in [5.74, 6) is 0.167. The number of rotatable bonds is 11. The molecule has 3 aromatic rings. The molecule has 0 fully saturated rings. The van der Waals surface area contributed by atoms with Crippen LogP contribution in [0, 0.1) is 6.92 Å². The van der Waals surface area contributed by atoms with Gasteiger partial charge in [-0.3, -0.25) is 9.69 Å². The predicted molar refractivity (Wildman–Crippen MR) is 148 cm³/mol. The number of hydrogen-bond donors (Lipinski definition) is 1. The van der Waals surface area contributed by atoms with E-state index in [4.69, 9.17) is 9.47 Å². The number of ether oxygens (including phenoxy) is 3. The largest absolute Gasteiger partial charge is 0.494 e. The third kappa shape index (κ3) is 7.35. The molecule has 39 heavy (non-hydrogen) atoms. The van der Waals surface area contributed by atoms with Gasteiger partial charge in [-0.1, -0.05) is 18.2 Å². The lowest BCUT2D eigenvalue weighted by Crippen LogP contribution is -2.37. The number of carbonyl (C=O) groups excluding carboxylic acids is 4. The van der Waals surface area contributed by atoms with Crippen molar-refractivity contribution in [2.24, 2.45) is 0 Å². The number of esters is 1. The number of aryl methyl sites for hydroxylation is 1. The Hall–Kier alpha value is -4.86. The number of anilines is 3. The zero-order chi connectivity index (χ0) is 28.4. The fraction of sp³-hybridized carbons (Fsp3) is 0.241. The highest BCUT2D eigenvalue weighted by Gasteiger charge is 2.22. The Balaban J connectivity index is 1.76. The number of nitrogens with zero attached hydrogens (tertiary/aromatic N) is 2. The molecule has 0 aromatic heterocycles. The van der Waals surface area contributed by atoms with Crippen molar-refractivity contribution in [1.29, 1.82) is 0 Å². The van der Waals surface area contributed by atoms with Crippen molar-refractivity contribution in [2.75, 3.05) is 49.0 Å². The normalized spacial score (nSPS) is 10.3. The van der Waals surface area contributed by atoms with E-state index in [1.807, 2.05) is 19.1 Å². The molecule has 10 nitrogen and oxygen atoms in total. The van der Waals surface area contributed by atoms with Crippen molar-refractivity contribution in [1.82, 2.24) is 0 Å². The number of carbonyl (C=O) groups is 4. The zero-order valence-electron chi connectivity index (χ0n) is 22.3. The van der Waals surface area contributed by atoms with E-state index in [0.717, 1.165) is 5.56 Å². The van der Waals surface area contributed by atoms with Gasteiger partial charge in [-0.2, -0.15) is 0 Å². The SMILES string of the molecule is COC(=O)c1ccc(OCCN(C(C)=O)c2ccc(N(CC=O)C(=O)Nc3ccccc3C)c(OC)c2)cc1. The molecule has 0 bridgehead atoms. The third-order valence-electron chi connectivity index (χ3n) is 5.89. The fourth-order valence-corrected chi connectivity index (χ4v) is 3.85. The number of aldehydes is 1. The molecule has 0 spiro atoms. The van der Waals surface area contributed by atoms with Crippen LogP contribution in [-0.4, -0.2) is 58.1 Å². The highest BCUT2D eigenvalue weighted by molar-refractivity contribution is 6.05. The van der Waals surface area contributed by atoms with Crippen LogP contribution in [0.15, 0.2) is 66.7 Å². The number of nitrogens with one attached hydrogen (secondary N) is 1. The Morgan fingerprint density at radius 3 is 2.28 bits per heavy atom. The molecule has 0 unspecified atom stereocenters. The smallest absolute Gasteiger partial charge is 0.337 e. The Morgan fingerprint density at radius 2 is 1.67 bits per heavy atom. The first-order valence-corrected chi connectivity index (χ1v) is 12.1. The first-order valence-electron chi connectivity index (χ1n) is 12.1. The van der Waals surface area contributed by atoms with Crippen LogP contribution in [0.3, 0.4) is 0 Å². The molecule has 0 saturated heterocycles. The van der Waals surface area contributed by atoms with Gasteiger partial charge < -0.3 is 29.2 Å². The minimum absolute atomic E-state index is 0.178. The van der Waals surface area contributed by atoms with Gasteiger partial charge in [-0.05, 0) is 55.0 Å². The van der Waals surface area contributed by atoms with Crippen molar-refractivity contribution < 1.29 is 33.4 Å². The number of hydrogen-bond acceptors (Lipinski definition) is 7. The van der Waals surface area contributed by atoms with Gasteiger partial charge in [-0.15, -0.1) is 0 Å². The molecule has 1 N–H and O–H groups in total. The molecule has 0 radical (unpaired) electrons. The minimum Gasteiger partial charge on any atom is -0.494 e. The molecule has 10 heteroatoms. The average Bonchev–Trinajstić information content (AvgIpc) is 2.94. The second-order valence-corrected chi connectivity index (χ2v) is 8.41. The highest BCUT2D eigenvalue weighted by Crippen LogP contribution is 2.33. The molecule has 204 valence electrons. The molecule has 3 amide bonds. The van der Waals surface area contributed by atoms with Gasteiger partial charge in [0, 0.05) is 24.4 Å². The lowest BCUT2D eigenvalue weighted by molar-refractivity contribution is -0.116. The van der Waals surface area contributed by atoms with E-state index in [1.165, 1.54) is 30.9 Å². The summed E-state index contributed by atoms with van der Waals surface area (Å²) in [6, 6.07) is 18.2. The Morgan fingerprint density at radius 1 is 0.949 bits per heavy atom. The van der Waals surface area contributed by atoms with Crippen LogP contribution in [0.4, 0.5) is 21.9 Å². The molecule has 0 aliphatic heterocycles. The summed E-state index contributed by atoms with van der Waals surface area (Å²) < 4.78 is 16.0. The average molecular weight is 534 g/mol. The fourth-order valence-electron chi connectivity index (χ4n) is 3.85. The van der Waals surface area contributed by atoms with E-state index in [9.17, 15) is 19.2 Å². The number of para-hydroxylation sites is 1. The maximum absolute atomic E-state index is 13.1. The highest BCUT2D eigenvalue weighted by atomic mass is 16.5. The molecular formula is C29H31N3O7. The van der Waals surface area contributed by atoms with Crippen molar-refractivity contribution in [3.05, 3.63) is 77.9 Å². The van der Waals surface area contributed by atoms with E-state index in [0.29, 0.717) is 40.4 Å². The Bertz CT molecular complexity index is 1320. The minimum atomic E-state index is -0.502. The summed E-state index contributed by atoms with van der Waals surface area (Å²) in [6.07, 6.45) is 0.627. The molecule has 0 heterocycles. The summed E-state index contributed by atoms with van der Waals surface area (Å²) >= 11 is 0. The van der Waals surface area contributed by atoms with Crippen LogP contribution >= 0.6 is 0 Å². The topological polar surface area (TPSA) is 114 Å². The monoisotopic (exact) mass is 533 g/mol. The number of methoxy groups -OCH3 is 2. The van der Waals surface area contributed by atoms with Crippen LogP contribution in [0.2, 0.25) is 0 Å².